The molecule has 0 heterocycles. The second-order valence-electron chi connectivity index (χ2n) is 5.72. The van der Waals surface area contributed by atoms with E-state index in [2.05, 4.69) is 10.0 Å². The predicted molar refractivity (Wildman–Crippen MR) is 94.3 cm³/mol. The zero-order chi connectivity index (χ0) is 17.6. The molecule has 0 aliphatic rings. The van der Waals surface area contributed by atoms with Crippen molar-refractivity contribution in [2.24, 2.45) is 0 Å². The molecule has 0 radical (unpaired) electrons. The van der Waals surface area contributed by atoms with Crippen molar-refractivity contribution >= 4 is 15.9 Å². The lowest BCUT2D eigenvalue weighted by Crippen LogP contribution is -2.35. The lowest BCUT2D eigenvalue weighted by atomic mass is 10.1. The summed E-state index contributed by atoms with van der Waals surface area (Å²) in [5, 5.41) is 2.71. The van der Waals surface area contributed by atoms with Crippen LogP contribution in [-0.2, 0) is 21.2 Å². The van der Waals surface area contributed by atoms with Crippen LogP contribution in [0.4, 0.5) is 0 Å². The lowest BCUT2D eigenvalue weighted by molar-refractivity contribution is -0.120. The van der Waals surface area contributed by atoms with E-state index < -0.39 is 10.0 Å². The fourth-order valence-corrected chi connectivity index (χ4v) is 3.17. The molecular weight excluding hydrogens is 324 g/mol. The SMILES string of the molecule is Cc1ccc(CC(=O)NCCNS(=O)(=O)c2ccc(C)cc2)cc1. The summed E-state index contributed by atoms with van der Waals surface area (Å²) in [7, 11) is -3.54. The highest BCUT2D eigenvalue weighted by molar-refractivity contribution is 7.89. The summed E-state index contributed by atoms with van der Waals surface area (Å²) >= 11 is 0. The van der Waals surface area contributed by atoms with E-state index in [0.717, 1.165) is 16.7 Å². The maximum Gasteiger partial charge on any atom is 0.240 e. The maximum absolute atomic E-state index is 12.1. The zero-order valence-corrected chi connectivity index (χ0v) is 14.7. The minimum absolute atomic E-state index is 0.131. The summed E-state index contributed by atoms with van der Waals surface area (Å²) in [5.74, 6) is -0.131. The van der Waals surface area contributed by atoms with Crippen molar-refractivity contribution in [3.05, 3.63) is 65.2 Å². The third-order valence-electron chi connectivity index (χ3n) is 3.56. The van der Waals surface area contributed by atoms with Crippen LogP contribution in [0.2, 0.25) is 0 Å². The molecule has 0 aromatic heterocycles. The van der Waals surface area contributed by atoms with E-state index in [-0.39, 0.29) is 30.3 Å². The molecule has 5 nitrogen and oxygen atoms in total. The first-order chi connectivity index (χ1) is 11.4. The summed E-state index contributed by atoms with van der Waals surface area (Å²) in [6.07, 6.45) is 0.283. The van der Waals surface area contributed by atoms with E-state index in [1.807, 2.05) is 38.1 Å². The summed E-state index contributed by atoms with van der Waals surface area (Å²) in [6, 6.07) is 14.4. The second kappa shape index (κ2) is 8.08. The van der Waals surface area contributed by atoms with Gasteiger partial charge in [-0.1, -0.05) is 47.5 Å². The van der Waals surface area contributed by atoms with Gasteiger partial charge in [0.2, 0.25) is 15.9 Å². The van der Waals surface area contributed by atoms with Gasteiger partial charge in [0.05, 0.1) is 11.3 Å². The number of carbonyl (C=O) groups excluding carboxylic acids is 1. The lowest BCUT2D eigenvalue weighted by Gasteiger charge is -2.08. The number of nitrogens with one attached hydrogen (secondary N) is 2. The molecule has 2 rings (SSSR count). The normalized spacial score (nSPS) is 11.2. The Morgan fingerprint density at radius 2 is 1.42 bits per heavy atom. The fourth-order valence-electron chi connectivity index (χ4n) is 2.14. The molecule has 0 spiro atoms. The molecule has 24 heavy (non-hydrogen) atoms. The molecular formula is C18H22N2O3S. The Morgan fingerprint density at radius 1 is 0.875 bits per heavy atom. The van der Waals surface area contributed by atoms with Gasteiger partial charge in [0.25, 0.3) is 0 Å². The summed E-state index contributed by atoms with van der Waals surface area (Å²) in [5.41, 5.74) is 3.07. The van der Waals surface area contributed by atoms with E-state index in [1.54, 1.807) is 24.3 Å². The largest absolute Gasteiger partial charge is 0.355 e. The monoisotopic (exact) mass is 346 g/mol. The molecule has 2 N–H and O–H groups in total. The maximum atomic E-state index is 12.1. The molecule has 0 aliphatic heterocycles. The summed E-state index contributed by atoms with van der Waals surface area (Å²) in [4.78, 5) is 12.1. The quantitative estimate of drug-likeness (QED) is 0.753. The molecule has 0 bridgehead atoms. The van der Waals surface area contributed by atoms with Gasteiger partial charge in [-0.05, 0) is 31.5 Å². The first-order valence-corrected chi connectivity index (χ1v) is 9.24. The van der Waals surface area contributed by atoms with Crippen LogP contribution in [0.3, 0.4) is 0 Å². The van der Waals surface area contributed by atoms with Crippen molar-refractivity contribution in [2.45, 2.75) is 25.2 Å². The standard InChI is InChI=1S/C18H22N2O3S/c1-14-3-7-16(8-4-14)13-18(21)19-11-12-20-24(22,23)17-9-5-15(2)6-10-17/h3-10,20H,11-13H2,1-2H3,(H,19,21). The molecule has 0 aliphatic carbocycles. The molecule has 0 atom stereocenters. The van der Waals surface area contributed by atoms with Gasteiger partial charge < -0.3 is 5.32 Å². The molecule has 1 amide bonds. The predicted octanol–water partition coefficient (Wildman–Crippen LogP) is 1.94. The van der Waals surface area contributed by atoms with Crippen LogP contribution in [0.25, 0.3) is 0 Å². The zero-order valence-electron chi connectivity index (χ0n) is 13.9. The Labute approximate surface area is 143 Å². The van der Waals surface area contributed by atoms with Gasteiger partial charge in [-0.25, -0.2) is 13.1 Å². The molecule has 128 valence electrons. The van der Waals surface area contributed by atoms with E-state index in [4.69, 9.17) is 0 Å². The highest BCUT2D eigenvalue weighted by Gasteiger charge is 2.12. The van der Waals surface area contributed by atoms with Crippen LogP contribution in [-0.4, -0.2) is 27.4 Å². The number of sulfonamides is 1. The fraction of sp³-hybridized carbons (Fsp3) is 0.278. The second-order valence-corrected chi connectivity index (χ2v) is 7.49. The van der Waals surface area contributed by atoms with Gasteiger partial charge in [0.15, 0.2) is 0 Å². The first-order valence-electron chi connectivity index (χ1n) is 7.75. The van der Waals surface area contributed by atoms with Gasteiger partial charge in [-0.3, -0.25) is 4.79 Å². The number of rotatable bonds is 7. The van der Waals surface area contributed by atoms with Gasteiger partial charge in [0.1, 0.15) is 0 Å². The molecule has 0 saturated heterocycles. The highest BCUT2D eigenvalue weighted by atomic mass is 32.2. The van der Waals surface area contributed by atoms with Crippen LogP contribution in [0.1, 0.15) is 16.7 Å². The van der Waals surface area contributed by atoms with E-state index in [9.17, 15) is 13.2 Å². The van der Waals surface area contributed by atoms with Gasteiger partial charge in [0, 0.05) is 13.1 Å². The number of hydrogen-bond donors (Lipinski definition) is 2. The van der Waals surface area contributed by atoms with Gasteiger partial charge in [-0.15, -0.1) is 0 Å². The highest BCUT2D eigenvalue weighted by Crippen LogP contribution is 2.09. The average Bonchev–Trinajstić information content (AvgIpc) is 2.54. The van der Waals surface area contributed by atoms with Crippen LogP contribution < -0.4 is 10.0 Å². The molecule has 2 aromatic rings. The number of hydrogen-bond acceptors (Lipinski definition) is 3. The Morgan fingerprint density at radius 3 is 2.00 bits per heavy atom. The third-order valence-corrected chi connectivity index (χ3v) is 5.03. The topological polar surface area (TPSA) is 75.3 Å². The molecule has 0 fully saturated rings. The van der Waals surface area contributed by atoms with E-state index >= 15 is 0 Å². The Kier molecular flexibility index (Phi) is 6.11. The van der Waals surface area contributed by atoms with Crippen molar-refractivity contribution < 1.29 is 13.2 Å². The first kappa shape index (κ1) is 18.2. The van der Waals surface area contributed by atoms with E-state index in [1.165, 1.54) is 0 Å². The van der Waals surface area contributed by atoms with Crippen LogP contribution in [0, 0.1) is 13.8 Å². The number of benzene rings is 2. The van der Waals surface area contributed by atoms with Crippen molar-refractivity contribution in [3.8, 4) is 0 Å². The van der Waals surface area contributed by atoms with Crippen molar-refractivity contribution in [1.82, 2.24) is 10.0 Å². The molecule has 6 heteroatoms. The third kappa shape index (κ3) is 5.47. The Bertz CT molecular complexity index is 782. The summed E-state index contributed by atoms with van der Waals surface area (Å²) < 4.78 is 26.7. The Balaban J connectivity index is 1.76. The number of carbonyl (C=O) groups is 1. The Hall–Kier alpha value is -2.18. The minimum Gasteiger partial charge on any atom is -0.355 e. The van der Waals surface area contributed by atoms with Crippen LogP contribution in [0.5, 0.6) is 0 Å². The molecule has 0 saturated carbocycles. The summed E-state index contributed by atoms with van der Waals surface area (Å²) in [6.45, 7) is 4.28. The van der Waals surface area contributed by atoms with Crippen molar-refractivity contribution in [3.63, 3.8) is 0 Å². The minimum atomic E-state index is -3.54. The molecule has 2 aromatic carbocycles. The number of aryl methyl sites for hydroxylation is 2. The van der Waals surface area contributed by atoms with Gasteiger partial charge >= 0.3 is 0 Å². The number of amides is 1. The average molecular weight is 346 g/mol. The van der Waals surface area contributed by atoms with Crippen molar-refractivity contribution in [2.75, 3.05) is 13.1 Å². The molecule has 0 unspecified atom stereocenters. The smallest absolute Gasteiger partial charge is 0.240 e. The van der Waals surface area contributed by atoms with Crippen LogP contribution >= 0.6 is 0 Å². The van der Waals surface area contributed by atoms with Gasteiger partial charge in [-0.2, -0.15) is 0 Å². The van der Waals surface area contributed by atoms with Crippen molar-refractivity contribution in [1.29, 1.82) is 0 Å². The van der Waals surface area contributed by atoms with Crippen LogP contribution in [0.15, 0.2) is 53.4 Å². The van der Waals surface area contributed by atoms with E-state index in [0.29, 0.717) is 0 Å².